The van der Waals surface area contributed by atoms with Crippen LogP contribution in [0.25, 0.3) is 22.6 Å². The zero-order valence-electron chi connectivity index (χ0n) is 21.0. The molecule has 5 aromatic rings. The molecule has 0 unspecified atom stereocenters. The van der Waals surface area contributed by atoms with Gasteiger partial charge in [-0.2, -0.15) is 0 Å². The summed E-state index contributed by atoms with van der Waals surface area (Å²) in [6.07, 6.45) is 7.44. The number of nitrogens with zero attached hydrogens (tertiary/aromatic N) is 4. The fourth-order valence-corrected chi connectivity index (χ4v) is 4.87. The van der Waals surface area contributed by atoms with Gasteiger partial charge in [-0.05, 0) is 72.4 Å². The standard InChI is InChI=1S/C29H28BrN5O/c1-18-11-19(2)25(34-10-8-27-32-17-26(35(27)34)20-7-6-9-31-16-20)15-24(18)33-28(36)21-12-22(29(3,4)5)14-23(30)13-21/h6-17H,1-5H3,(H,33,36). The number of anilines is 1. The molecule has 3 heterocycles. The summed E-state index contributed by atoms with van der Waals surface area (Å²) in [7, 11) is 0. The molecule has 1 amide bonds. The van der Waals surface area contributed by atoms with Crippen LogP contribution in [0.3, 0.4) is 0 Å². The lowest BCUT2D eigenvalue weighted by molar-refractivity contribution is 0.102. The van der Waals surface area contributed by atoms with Gasteiger partial charge in [-0.3, -0.25) is 14.5 Å². The number of imidazole rings is 1. The molecule has 6 nitrogen and oxygen atoms in total. The Kier molecular flexibility index (Phi) is 6.04. The summed E-state index contributed by atoms with van der Waals surface area (Å²) in [6, 6.07) is 15.9. The van der Waals surface area contributed by atoms with E-state index in [-0.39, 0.29) is 11.3 Å². The van der Waals surface area contributed by atoms with Gasteiger partial charge in [0, 0.05) is 45.9 Å². The lowest BCUT2D eigenvalue weighted by atomic mass is 9.86. The highest BCUT2D eigenvalue weighted by Gasteiger charge is 2.19. The van der Waals surface area contributed by atoms with Gasteiger partial charge in [0.1, 0.15) is 0 Å². The third-order valence-electron chi connectivity index (χ3n) is 6.37. The molecular weight excluding hydrogens is 514 g/mol. The second-order valence-corrected chi connectivity index (χ2v) is 11.0. The molecular formula is C29H28BrN5O. The van der Waals surface area contributed by atoms with E-state index in [1.54, 1.807) is 6.20 Å². The van der Waals surface area contributed by atoms with Gasteiger partial charge >= 0.3 is 0 Å². The molecule has 182 valence electrons. The van der Waals surface area contributed by atoms with Crippen molar-refractivity contribution in [1.82, 2.24) is 19.2 Å². The molecule has 0 fully saturated rings. The number of hydrogen-bond donors (Lipinski definition) is 1. The first kappa shape index (κ1) is 24.0. The van der Waals surface area contributed by atoms with Crippen molar-refractivity contribution >= 4 is 33.2 Å². The zero-order valence-corrected chi connectivity index (χ0v) is 22.6. The maximum absolute atomic E-state index is 13.3. The highest BCUT2D eigenvalue weighted by molar-refractivity contribution is 9.10. The number of hydrogen-bond acceptors (Lipinski definition) is 3. The van der Waals surface area contributed by atoms with Gasteiger partial charge in [0.2, 0.25) is 0 Å². The topological polar surface area (TPSA) is 64.2 Å². The van der Waals surface area contributed by atoms with E-state index in [9.17, 15) is 4.79 Å². The normalized spacial score (nSPS) is 11.7. The number of fused-ring (bicyclic) bond motifs is 1. The van der Waals surface area contributed by atoms with Crippen LogP contribution in [0, 0.1) is 13.8 Å². The van der Waals surface area contributed by atoms with Gasteiger partial charge in [-0.25, -0.2) is 9.50 Å². The molecule has 2 aromatic carbocycles. The number of benzene rings is 2. The van der Waals surface area contributed by atoms with Crippen LogP contribution >= 0.6 is 15.9 Å². The molecule has 36 heavy (non-hydrogen) atoms. The van der Waals surface area contributed by atoms with Gasteiger partial charge in [0.25, 0.3) is 5.91 Å². The SMILES string of the molecule is Cc1cc(C)c(-n2ccc3ncc(-c4cccnc4)n32)cc1NC(=O)c1cc(Br)cc(C(C)(C)C)c1. The van der Waals surface area contributed by atoms with Crippen molar-refractivity contribution in [2.24, 2.45) is 0 Å². The van der Waals surface area contributed by atoms with E-state index in [0.29, 0.717) is 5.56 Å². The molecule has 0 saturated carbocycles. The summed E-state index contributed by atoms with van der Waals surface area (Å²) in [4.78, 5) is 22.2. The Morgan fingerprint density at radius 2 is 1.81 bits per heavy atom. The largest absolute Gasteiger partial charge is 0.322 e. The van der Waals surface area contributed by atoms with E-state index >= 15 is 0 Å². The van der Waals surface area contributed by atoms with Crippen molar-refractivity contribution in [3.05, 3.63) is 100 Å². The third-order valence-corrected chi connectivity index (χ3v) is 6.82. The maximum atomic E-state index is 13.3. The minimum atomic E-state index is -0.143. The number of amides is 1. The zero-order chi connectivity index (χ0) is 25.6. The Morgan fingerprint density at radius 3 is 2.53 bits per heavy atom. The average molecular weight is 542 g/mol. The van der Waals surface area contributed by atoms with Crippen molar-refractivity contribution in [3.63, 3.8) is 0 Å². The number of carbonyl (C=O) groups excluding carboxylic acids is 1. The summed E-state index contributed by atoms with van der Waals surface area (Å²) in [5.74, 6) is -0.143. The molecule has 0 aliphatic rings. The minimum absolute atomic E-state index is 0.0671. The molecule has 0 aliphatic heterocycles. The van der Waals surface area contributed by atoms with Crippen LogP contribution in [-0.4, -0.2) is 25.1 Å². The molecule has 0 radical (unpaired) electrons. The Morgan fingerprint density at radius 1 is 1.00 bits per heavy atom. The molecule has 5 rings (SSSR count). The lowest BCUT2D eigenvalue weighted by Gasteiger charge is -2.20. The van der Waals surface area contributed by atoms with E-state index < -0.39 is 0 Å². The van der Waals surface area contributed by atoms with E-state index in [1.807, 2.05) is 61.9 Å². The monoisotopic (exact) mass is 541 g/mol. The summed E-state index contributed by atoms with van der Waals surface area (Å²) in [5, 5.41) is 3.14. The van der Waals surface area contributed by atoms with E-state index in [4.69, 9.17) is 0 Å². The second kappa shape index (κ2) is 9.06. The number of rotatable bonds is 4. The Labute approximate surface area is 219 Å². The van der Waals surface area contributed by atoms with Crippen LogP contribution in [0.4, 0.5) is 5.69 Å². The smallest absolute Gasteiger partial charge is 0.255 e. The van der Waals surface area contributed by atoms with Gasteiger partial charge in [-0.15, -0.1) is 0 Å². The minimum Gasteiger partial charge on any atom is -0.322 e. The first-order chi connectivity index (χ1) is 17.1. The predicted molar refractivity (Wildman–Crippen MR) is 148 cm³/mol. The fourth-order valence-electron chi connectivity index (χ4n) is 4.37. The lowest BCUT2D eigenvalue weighted by Crippen LogP contribution is -2.17. The highest BCUT2D eigenvalue weighted by atomic mass is 79.9. The van der Waals surface area contributed by atoms with E-state index in [1.165, 1.54) is 0 Å². The quantitative estimate of drug-likeness (QED) is 0.263. The predicted octanol–water partition coefficient (Wildman–Crippen LogP) is 7.12. The summed E-state index contributed by atoms with van der Waals surface area (Å²) in [6.45, 7) is 10.5. The van der Waals surface area contributed by atoms with Crippen LogP contribution in [0.2, 0.25) is 0 Å². The van der Waals surface area contributed by atoms with E-state index in [2.05, 4.69) is 80.2 Å². The average Bonchev–Trinajstić information content (AvgIpc) is 3.43. The Balaban J connectivity index is 1.55. The number of halogens is 1. The van der Waals surface area contributed by atoms with Crippen LogP contribution < -0.4 is 5.32 Å². The number of nitrogens with one attached hydrogen (secondary N) is 1. The number of carbonyl (C=O) groups is 1. The number of aryl methyl sites for hydroxylation is 2. The summed E-state index contributed by atoms with van der Waals surface area (Å²) < 4.78 is 5.01. The fraction of sp³-hybridized carbons (Fsp3) is 0.207. The van der Waals surface area contributed by atoms with Crippen molar-refractivity contribution in [2.45, 2.75) is 40.0 Å². The van der Waals surface area contributed by atoms with Crippen molar-refractivity contribution in [3.8, 4) is 16.9 Å². The van der Waals surface area contributed by atoms with Crippen molar-refractivity contribution < 1.29 is 4.79 Å². The molecule has 7 heteroatoms. The molecule has 0 atom stereocenters. The van der Waals surface area contributed by atoms with E-state index in [0.717, 1.165) is 49.4 Å². The third kappa shape index (κ3) is 4.46. The van der Waals surface area contributed by atoms with Gasteiger partial charge < -0.3 is 5.32 Å². The van der Waals surface area contributed by atoms with Gasteiger partial charge in [0.15, 0.2) is 5.65 Å². The molecule has 0 aliphatic carbocycles. The molecule has 0 saturated heterocycles. The maximum Gasteiger partial charge on any atom is 0.255 e. The van der Waals surface area contributed by atoms with Crippen LogP contribution in [0.5, 0.6) is 0 Å². The first-order valence-corrected chi connectivity index (χ1v) is 12.6. The second-order valence-electron chi connectivity index (χ2n) is 10.1. The molecule has 0 bridgehead atoms. The number of aromatic nitrogens is 4. The van der Waals surface area contributed by atoms with Crippen LogP contribution in [-0.2, 0) is 5.41 Å². The molecule has 1 N–H and O–H groups in total. The number of pyridine rings is 1. The van der Waals surface area contributed by atoms with Crippen molar-refractivity contribution in [1.29, 1.82) is 0 Å². The van der Waals surface area contributed by atoms with Crippen LogP contribution in [0.1, 0.15) is 47.8 Å². The van der Waals surface area contributed by atoms with Gasteiger partial charge in [0.05, 0.1) is 17.6 Å². The van der Waals surface area contributed by atoms with Crippen LogP contribution in [0.15, 0.2) is 77.8 Å². The summed E-state index contributed by atoms with van der Waals surface area (Å²) >= 11 is 3.57. The first-order valence-electron chi connectivity index (χ1n) is 11.8. The Hall–Kier alpha value is -3.71. The Bertz CT molecular complexity index is 1590. The van der Waals surface area contributed by atoms with Gasteiger partial charge in [-0.1, -0.05) is 42.8 Å². The van der Waals surface area contributed by atoms with Crippen molar-refractivity contribution in [2.75, 3.05) is 5.32 Å². The molecule has 0 spiro atoms. The summed E-state index contributed by atoms with van der Waals surface area (Å²) in [5.41, 5.74) is 8.22. The molecule has 3 aromatic heterocycles. The highest BCUT2D eigenvalue weighted by Crippen LogP contribution is 2.30.